The van der Waals surface area contributed by atoms with Gasteiger partial charge in [0.1, 0.15) is 4.90 Å². The number of aliphatic carboxylic acids is 1. The Hall–Kier alpha value is -1.11. The van der Waals surface area contributed by atoms with Gasteiger partial charge in [0.25, 0.3) is 0 Å². The van der Waals surface area contributed by atoms with Crippen molar-refractivity contribution >= 4 is 27.6 Å². The highest BCUT2D eigenvalue weighted by atomic mass is 35.5. The summed E-state index contributed by atoms with van der Waals surface area (Å²) in [6, 6.07) is 4.64. The summed E-state index contributed by atoms with van der Waals surface area (Å²) in [4.78, 5) is 10.3. The van der Waals surface area contributed by atoms with Gasteiger partial charge in [-0.2, -0.15) is 0 Å². The second-order valence-electron chi connectivity index (χ2n) is 3.83. The van der Waals surface area contributed by atoms with Crippen LogP contribution in [0.1, 0.15) is 18.4 Å². The standard InChI is InChI=1S/C11H14ClNO4S/c1-8-4-5-10(9(12)7-8)18(16,17)13-6-2-3-11(14)15/h4-5,7,13H,2-3,6H2,1H3,(H,14,15). The average Bonchev–Trinajstić information content (AvgIpc) is 2.23. The van der Waals surface area contributed by atoms with Gasteiger partial charge < -0.3 is 5.11 Å². The number of aryl methyl sites for hydroxylation is 1. The highest BCUT2D eigenvalue weighted by Crippen LogP contribution is 2.22. The molecule has 100 valence electrons. The Bertz CT molecular complexity index is 542. The maximum atomic E-state index is 11.9. The van der Waals surface area contributed by atoms with Crippen LogP contribution in [0, 0.1) is 6.92 Å². The number of hydrogen-bond donors (Lipinski definition) is 2. The van der Waals surface area contributed by atoms with Crippen LogP contribution in [0.3, 0.4) is 0 Å². The highest BCUT2D eigenvalue weighted by Gasteiger charge is 2.17. The first-order chi connectivity index (χ1) is 8.33. The molecule has 0 unspecified atom stereocenters. The molecule has 1 aromatic rings. The summed E-state index contributed by atoms with van der Waals surface area (Å²) >= 11 is 5.86. The maximum absolute atomic E-state index is 11.9. The molecule has 0 bridgehead atoms. The van der Waals surface area contributed by atoms with E-state index in [-0.39, 0.29) is 29.3 Å². The Morgan fingerprint density at radius 2 is 2.11 bits per heavy atom. The van der Waals surface area contributed by atoms with Crippen molar-refractivity contribution in [3.63, 3.8) is 0 Å². The van der Waals surface area contributed by atoms with Crippen molar-refractivity contribution in [1.82, 2.24) is 4.72 Å². The van der Waals surface area contributed by atoms with Crippen molar-refractivity contribution in [2.24, 2.45) is 0 Å². The topological polar surface area (TPSA) is 83.5 Å². The molecule has 0 spiro atoms. The van der Waals surface area contributed by atoms with Gasteiger partial charge in [0.15, 0.2) is 0 Å². The number of rotatable bonds is 6. The van der Waals surface area contributed by atoms with Crippen LogP contribution in [0.5, 0.6) is 0 Å². The van der Waals surface area contributed by atoms with Crippen molar-refractivity contribution in [3.8, 4) is 0 Å². The van der Waals surface area contributed by atoms with Crippen LogP contribution in [-0.2, 0) is 14.8 Å². The zero-order valence-corrected chi connectivity index (χ0v) is 11.4. The van der Waals surface area contributed by atoms with Crippen molar-refractivity contribution in [2.45, 2.75) is 24.7 Å². The Kier molecular flexibility index (Phi) is 5.13. The van der Waals surface area contributed by atoms with Crippen LogP contribution >= 0.6 is 11.6 Å². The lowest BCUT2D eigenvalue weighted by molar-refractivity contribution is -0.137. The molecule has 1 aromatic carbocycles. The van der Waals surface area contributed by atoms with E-state index in [4.69, 9.17) is 16.7 Å². The monoisotopic (exact) mass is 291 g/mol. The molecule has 0 atom stereocenters. The quantitative estimate of drug-likeness (QED) is 0.783. The van der Waals surface area contributed by atoms with Crippen molar-refractivity contribution < 1.29 is 18.3 Å². The van der Waals surface area contributed by atoms with Crippen LogP contribution < -0.4 is 4.72 Å². The second kappa shape index (κ2) is 6.17. The molecule has 0 heterocycles. The predicted octanol–water partition coefficient (Wildman–Crippen LogP) is 1.79. The first kappa shape index (κ1) is 14.9. The fourth-order valence-corrected chi connectivity index (χ4v) is 3.02. The molecule has 0 amide bonds. The Labute approximate surface area is 111 Å². The molecule has 18 heavy (non-hydrogen) atoms. The van der Waals surface area contributed by atoms with Crippen LogP contribution in [-0.4, -0.2) is 26.0 Å². The van der Waals surface area contributed by atoms with E-state index < -0.39 is 16.0 Å². The average molecular weight is 292 g/mol. The third kappa shape index (κ3) is 4.29. The molecule has 0 aliphatic carbocycles. The predicted molar refractivity (Wildman–Crippen MR) is 68.2 cm³/mol. The van der Waals surface area contributed by atoms with E-state index in [9.17, 15) is 13.2 Å². The number of carbonyl (C=O) groups is 1. The number of benzene rings is 1. The van der Waals surface area contributed by atoms with Crippen LogP contribution in [0.15, 0.2) is 23.1 Å². The first-order valence-electron chi connectivity index (χ1n) is 5.30. The van der Waals surface area contributed by atoms with Crippen LogP contribution in [0.2, 0.25) is 5.02 Å². The lowest BCUT2D eigenvalue weighted by Gasteiger charge is -2.08. The molecule has 0 saturated carbocycles. The summed E-state index contributed by atoms with van der Waals surface area (Å²) in [7, 11) is -3.68. The minimum absolute atomic E-state index is 0.00471. The molecule has 7 heteroatoms. The number of sulfonamides is 1. The summed E-state index contributed by atoms with van der Waals surface area (Å²) in [5, 5.41) is 8.59. The third-order valence-corrected chi connectivity index (χ3v) is 4.18. The molecular formula is C11H14ClNO4S. The van der Waals surface area contributed by atoms with Gasteiger partial charge in [0, 0.05) is 13.0 Å². The molecular weight excluding hydrogens is 278 g/mol. The molecule has 5 nitrogen and oxygen atoms in total. The van der Waals surface area contributed by atoms with E-state index in [2.05, 4.69) is 4.72 Å². The summed E-state index contributed by atoms with van der Waals surface area (Å²) < 4.78 is 26.0. The molecule has 0 aromatic heterocycles. The first-order valence-corrected chi connectivity index (χ1v) is 7.16. The molecule has 0 fully saturated rings. The molecule has 2 N–H and O–H groups in total. The third-order valence-electron chi connectivity index (χ3n) is 2.24. The molecule has 0 saturated heterocycles. The lowest BCUT2D eigenvalue weighted by atomic mass is 10.2. The summed E-state index contributed by atoms with van der Waals surface area (Å²) in [5.41, 5.74) is 0.866. The van der Waals surface area contributed by atoms with Crippen LogP contribution in [0.4, 0.5) is 0 Å². The van der Waals surface area contributed by atoms with Gasteiger partial charge in [-0.05, 0) is 31.0 Å². The summed E-state index contributed by atoms with van der Waals surface area (Å²) in [5.74, 6) is -0.956. The maximum Gasteiger partial charge on any atom is 0.303 e. The molecule has 1 rings (SSSR count). The van der Waals surface area contributed by atoms with Gasteiger partial charge >= 0.3 is 5.97 Å². The smallest absolute Gasteiger partial charge is 0.303 e. The minimum Gasteiger partial charge on any atom is -0.481 e. The number of carboxylic acids is 1. The van der Waals surface area contributed by atoms with Gasteiger partial charge in [-0.25, -0.2) is 13.1 Å². The zero-order valence-electron chi connectivity index (χ0n) is 9.81. The highest BCUT2D eigenvalue weighted by molar-refractivity contribution is 7.89. The SMILES string of the molecule is Cc1ccc(S(=O)(=O)NCCCC(=O)O)c(Cl)c1. The zero-order chi connectivity index (χ0) is 13.8. The van der Waals surface area contributed by atoms with Gasteiger partial charge in [-0.1, -0.05) is 17.7 Å². The fourth-order valence-electron chi connectivity index (χ4n) is 1.35. The van der Waals surface area contributed by atoms with E-state index in [1.165, 1.54) is 6.07 Å². The van der Waals surface area contributed by atoms with E-state index in [1.54, 1.807) is 12.1 Å². The molecule has 0 aliphatic heterocycles. The van der Waals surface area contributed by atoms with Gasteiger partial charge in [0.05, 0.1) is 5.02 Å². The van der Waals surface area contributed by atoms with Gasteiger partial charge in [-0.3, -0.25) is 4.79 Å². The van der Waals surface area contributed by atoms with Crippen LogP contribution in [0.25, 0.3) is 0 Å². The normalized spacial score (nSPS) is 11.4. The number of nitrogens with one attached hydrogen (secondary N) is 1. The minimum atomic E-state index is -3.68. The van der Waals surface area contributed by atoms with E-state index in [0.29, 0.717) is 0 Å². The second-order valence-corrected chi connectivity index (χ2v) is 5.97. The summed E-state index contributed by atoms with van der Waals surface area (Å²) in [6.07, 6.45) is 0.155. The van der Waals surface area contributed by atoms with E-state index in [0.717, 1.165) is 5.56 Å². The largest absolute Gasteiger partial charge is 0.481 e. The van der Waals surface area contributed by atoms with E-state index >= 15 is 0 Å². The number of halogens is 1. The van der Waals surface area contributed by atoms with Crippen molar-refractivity contribution in [1.29, 1.82) is 0 Å². The Morgan fingerprint density at radius 3 is 2.67 bits per heavy atom. The molecule has 0 aliphatic rings. The Balaban J connectivity index is 2.71. The van der Waals surface area contributed by atoms with Gasteiger partial charge in [-0.15, -0.1) is 0 Å². The number of hydrogen-bond acceptors (Lipinski definition) is 3. The van der Waals surface area contributed by atoms with Crippen molar-refractivity contribution in [3.05, 3.63) is 28.8 Å². The fraction of sp³-hybridized carbons (Fsp3) is 0.364. The van der Waals surface area contributed by atoms with Gasteiger partial charge in [0.2, 0.25) is 10.0 Å². The van der Waals surface area contributed by atoms with Crippen molar-refractivity contribution in [2.75, 3.05) is 6.54 Å². The number of carboxylic acid groups (broad SMARTS) is 1. The lowest BCUT2D eigenvalue weighted by Crippen LogP contribution is -2.25. The molecule has 0 radical (unpaired) electrons. The Morgan fingerprint density at radius 1 is 1.44 bits per heavy atom. The summed E-state index contributed by atoms with van der Waals surface area (Å²) in [6.45, 7) is 1.88. The van der Waals surface area contributed by atoms with E-state index in [1.807, 2.05) is 6.92 Å².